The molecule has 3 nitrogen and oxygen atoms in total. The number of ether oxygens (including phenoxy) is 1. The summed E-state index contributed by atoms with van der Waals surface area (Å²) in [4.78, 5) is 12.0. The average molecular weight is 241 g/mol. The topological polar surface area (TPSA) is 50.1 Å². The lowest BCUT2D eigenvalue weighted by Gasteiger charge is -2.22. The van der Waals surface area contributed by atoms with Crippen LogP contribution in [0.1, 0.15) is 37.2 Å². The maximum absolute atomic E-state index is 12.0. The molecule has 3 rings (SSSR count). The van der Waals surface area contributed by atoms with Crippen LogP contribution in [0, 0.1) is 16.7 Å². The summed E-state index contributed by atoms with van der Waals surface area (Å²) in [5.41, 5.74) is 0.387. The van der Waals surface area contributed by atoms with E-state index in [0.29, 0.717) is 25.9 Å². The fourth-order valence-corrected chi connectivity index (χ4v) is 3.13. The SMILES string of the molecule is N#CC1(CC2COc3ccccc32)CCCC1=O. The lowest BCUT2D eigenvalue weighted by Crippen LogP contribution is -2.26. The second-order valence-corrected chi connectivity index (χ2v) is 5.22. The largest absolute Gasteiger partial charge is 0.493 e. The number of rotatable bonds is 2. The first-order chi connectivity index (χ1) is 8.75. The number of nitrogens with zero attached hydrogens (tertiary/aromatic N) is 1. The van der Waals surface area contributed by atoms with Crippen LogP contribution in [0.15, 0.2) is 24.3 Å². The second kappa shape index (κ2) is 4.13. The van der Waals surface area contributed by atoms with Crippen LogP contribution < -0.4 is 4.74 Å². The van der Waals surface area contributed by atoms with E-state index in [2.05, 4.69) is 6.07 Å². The summed E-state index contributed by atoms with van der Waals surface area (Å²) in [5.74, 6) is 1.21. The van der Waals surface area contributed by atoms with Crippen molar-refractivity contribution in [2.24, 2.45) is 5.41 Å². The number of hydrogen-bond donors (Lipinski definition) is 0. The van der Waals surface area contributed by atoms with Crippen molar-refractivity contribution in [3.8, 4) is 11.8 Å². The van der Waals surface area contributed by atoms with Gasteiger partial charge in [-0.05, 0) is 25.3 Å². The first kappa shape index (κ1) is 11.3. The summed E-state index contributed by atoms with van der Waals surface area (Å²) >= 11 is 0. The highest BCUT2D eigenvalue weighted by Gasteiger charge is 2.45. The van der Waals surface area contributed by atoms with Gasteiger partial charge in [-0.15, -0.1) is 0 Å². The highest BCUT2D eigenvalue weighted by atomic mass is 16.5. The van der Waals surface area contributed by atoms with E-state index < -0.39 is 5.41 Å². The molecule has 0 amide bonds. The predicted octanol–water partition coefficient (Wildman–Crippen LogP) is 2.82. The monoisotopic (exact) mass is 241 g/mol. The molecule has 2 aliphatic rings. The van der Waals surface area contributed by atoms with E-state index in [9.17, 15) is 10.1 Å². The fourth-order valence-electron chi connectivity index (χ4n) is 3.13. The zero-order valence-electron chi connectivity index (χ0n) is 10.2. The Morgan fingerprint density at radius 3 is 3.00 bits per heavy atom. The molecule has 92 valence electrons. The number of carbonyl (C=O) groups is 1. The fraction of sp³-hybridized carbons (Fsp3) is 0.467. The zero-order chi connectivity index (χ0) is 12.6. The van der Waals surface area contributed by atoms with Gasteiger partial charge in [0.2, 0.25) is 0 Å². The number of carbonyl (C=O) groups excluding carboxylic acids is 1. The summed E-state index contributed by atoms with van der Waals surface area (Å²) in [6.45, 7) is 0.593. The standard InChI is InChI=1S/C15H15NO2/c16-10-15(7-3-6-14(15)17)8-11-9-18-13-5-2-1-4-12(11)13/h1-2,4-5,11H,3,6-9H2. The van der Waals surface area contributed by atoms with Crippen molar-refractivity contribution < 1.29 is 9.53 Å². The lowest BCUT2D eigenvalue weighted by molar-refractivity contribution is -0.123. The van der Waals surface area contributed by atoms with E-state index in [1.807, 2.05) is 24.3 Å². The molecule has 0 bridgehead atoms. The lowest BCUT2D eigenvalue weighted by atomic mass is 9.77. The summed E-state index contributed by atoms with van der Waals surface area (Å²) in [5, 5.41) is 9.38. The van der Waals surface area contributed by atoms with E-state index in [4.69, 9.17) is 4.74 Å². The molecule has 2 atom stereocenters. The van der Waals surface area contributed by atoms with Crippen molar-refractivity contribution in [2.75, 3.05) is 6.61 Å². The molecule has 1 saturated carbocycles. The molecule has 1 fully saturated rings. The van der Waals surface area contributed by atoms with E-state index in [-0.39, 0.29) is 11.7 Å². The number of hydrogen-bond acceptors (Lipinski definition) is 3. The van der Waals surface area contributed by atoms with Crippen molar-refractivity contribution in [1.82, 2.24) is 0 Å². The molecule has 18 heavy (non-hydrogen) atoms. The number of benzene rings is 1. The van der Waals surface area contributed by atoms with Crippen LogP contribution in [0.25, 0.3) is 0 Å². The van der Waals surface area contributed by atoms with Crippen LogP contribution in [0.3, 0.4) is 0 Å². The summed E-state index contributed by atoms with van der Waals surface area (Å²) < 4.78 is 5.63. The van der Waals surface area contributed by atoms with Gasteiger partial charge in [0, 0.05) is 17.9 Å². The van der Waals surface area contributed by atoms with Crippen molar-refractivity contribution in [2.45, 2.75) is 31.6 Å². The van der Waals surface area contributed by atoms with E-state index >= 15 is 0 Å². The first-order valence-corrected chi connectivity index (χ1v) is 6.41. The van der Waals surface area contributed by atoms with Gasteiger partial charge in [-0.25, -0.2) is 0 Å². The minimum absolute atomic E-state index is 0.120. The van der Waals surface area contributed by atoms with Crippen molar-refractivity contribution in [1.29, 1.82) is 5.26 Å². The number of fused-ring (bicyclic) bond motifs is 1. The first-order valence-electron chi connectivity index (χ1n) is 6.41. The Hall–Kier alpha value is -1.82. The highest BCUT2D eigenvalue weighted by molar-refractivity contribution is 5.89. The van der Waals surface area contributed by atoms with Crippen molar-refractivity contribution in [3.63, 3.8) is 0 Å². The molecule has 0 spiro atoms. The molecule has 0 aromatic heterocycles. The third-order valence-corrected chi connectivity index (χ3v) is 4.15. The van der Waals surface area contributed by atoms with Gasteiger partial charge in [0.1, 0.15) is 11.2 Å². The van der Waals surface area contributed by atoms with Gasteiger partial charge in [-0.2, -0.15) is 5.26 Å². The van der Waals surface area contributed by atoms with Crippen LogP contribution in [0.4, 0.5) is 0 Å². The Bertz CT molecular complexity index is 532. The normalized spacial score (nSPS) is 29.7. The number of nitriles is 1. The van der Waals surface area contributed by atoms with Crippen molar-refractivity contribution in [3.05, 3.63) is 29.8 Å². The summed E-state index contributed by atoms with van der Waals surface area (Å²) in [7, 11) is 0. The zero-order valence-corrected chi connectivity index (χ0v) is 10.2. The van der Waals surface area contributed by atoms with Gasteiger partial charge in [0.05, 0.1) is 12.7 Å². The van der Waals surface area contributed by atoms with Crippen LogP contribution in [0.2, 0.25) is 0 Å². The maximum atomic E-state index is 12.0. The molecule has 1 aliphatic carbocycles. The average Bonchev–Trinajstić information content (AvgIpc) is 2.96. The molecule has 2 unspecified atom stereocenters. The Morgan fingerprint density at radius 1 is 1.44 bits per heavy atom. The number of para-hydroxylation sites is 1. The van der Waals surface area contributed by atoms with E-state index in [1.54, 1.807) is 0 Å². The minimum atomic E-state index is -0.758. The van der Waals surface area contributed by atoms with Crippen LogP contribution >= 0.6 is 0 Å². The van der Waals surface area contributed by atoms with Gasteiger partial charge >= 0.3 is 0 Å². The Kier molecular flexibility index (Phi) is 2.59. The van der Waals surface area contributed by atoms with Gasteiger partial charge in [-0.3, -0.25) is 4.79 Å². The molecule has 0 saturated heterocycles. The quantitative estimate of drug-likeness (QED) is 0.800. The van der Waals surface area contributed by atoms with Gasteiger partial charge < -0.3 is 4.74 Å². The van der Waals surface area contributed by atoms with Crippen LogP contribution in [-0.4, -0.2) is 12.4 Å². The highest BCUT2D eigenvalue weighted by Crippen LogP contribution is 2.46. The minimum Gasteiger partial charge on any atom is -0.493 e. The Balaban J connectivity index is 1.87. The molecule has 3 heteroatoms. The third kappa shape index (κ3) is 1.60. The molecule has 1 aromatic rings. The second-order valence-electron chi connectivity index (χ2n) is 5.22. The maximum Gasteiger partial charge on any atom is 0.153 e. The predicted molar refractivity (Wildman–Crippen MR) is 66.2 cm³/mol. The Morgan fingerprint density at radius 2 is 2.28 bits per heavy atom. The number of Topliss-reactive ketones (excluding diaryl/α,β-unsaturated/α-hetero) is 1. The van der Waals surface area contributed by atoms with Gasteiger partial charge in [0.25, 0.3) is 0 Å². The molecule has 1 aliphatic heterocycles. The third-order valence-electron chi connectivity index (χ3n) is 4.15. The van der Waals surface area contributed by atoms with Gasteiger partial charge in [-0.1, -0.05) is 18.2 Å². The molecule has 0 radical (unpaired) electrons. The van der Waals surface area contributed by atoms with Crippen LogP contribution in [-0.2, 0) is 4.79 Å². The van der Waals surface area contributed by atoms with Crippen molar-refractivity contribution >= 4 is 5.78 Å². The van der Waals surface area contributed by atoms with E-state index in [0.717, 1.165) is 17.7 Å². The summed E-state index contributed by atoms with van der Waals surface area (Å²) in [6.07, 6.45) is 2.73. The molecule has 0 N–H and O–H groups in total. The summed E-state index contributed by atoms with van der Waals surface area (Å²) in [6, 6.07) is 10.2. The molecule has 1 heterocycles. The van der Waals surface area contributed by atoms with Gasteiger partial charge in [0.15, 0.2) is 5.78 Å². The smallest absolute Gasteiger partial charge is 0.153 e. The number of ketones is 1. The Labute approximate surface area is 106 Å². The molecular weight excluding hydrogens is 226 g/mol. The molecule has 1 aromatic carbocycles. The van der Waals surface area contributed by atoms with Crippen LogP contribution in [0.5, 0.6) is 5.75 Å². The van der Waals surface area contributed by atoms with E-state index in [1.165, 1.54) is 0 Å². The molecular formula is C15H15NO2.